The van der Waals surface area contributed by atoms with Gasteiger partial charge in [0.1, 0.15) is 0 Å². The van der Waals surface area contributed by atoms with Crippen LogP contribution in [0.15, 0.2) is 60.7 Å². The van der Waals surface area contributed by atoms with E-state index in [1.807, 2.05) is 0 Å². The second-order valence-corrected chi connectivity index (χ2v) is 5.26. The molecule has 0 aromatic heterocycles. The molecule has 2 amide bonds. The second-order valence-electron chi connectivity index (χ2n) is 5.26. The summed E-state index contributed by atoms with van der Waals surface area (Å²) in [6.45, 7) is 1.38. The zero-order valence-corrected chi connectivity index (χ0v) is 13.4. The maximum atomic E-state index is 12.3. The van der Waals surface area contributed by atoms with Crippen LogP contribution in [0.4, 0.5) is 0 Å². The Kier molecular flexibility index (Phi) is 5.31. The van der Waals surface area contributed by atoms with Crippen LogP contribution in [0, 0.1) is 0 Å². The third-order valence-electron chi connectivity index (χ3n) is 3.39. The van der Waals surface area contributed by atoms with Crippen molar-refractivity contribution in [1.29, 1.82) is 0 Å². The van der Waals surface area contributed by atoms with Crippen LogP contribution in [0.1, 0.15) is 27.6 Å². The topological polar surface area (TPSA) is 84.5 Å². The SMILES string of the molecule is COC(=O)C(C)(NC(=O)c1ccccc1)NC(=O)c1ccccc1. The quantitative estimate of drug-likeness (QED) is 0.647. The lowest BCUT2D eigenvalue weighted by atomic mass is 10.1. The molecule has 24 heavy (non-hydrogen) atoms. The molecule has 0 aliphatic rings. The summed E-state index contributed by atoms with van der Waals surface area (Å²) in [4.78, 5) is 36.8. The van der Waals surface area contributed by atoms with Crippen molar-refractivity contribution >= 4 is 17.8 Å². The van der Waals surface area contributed by atoms with E-state index in [0.717, 1.165) is 0 Å². The maximum Gasteiger partial charge on any atom is 0.352 e. The summed E-state index contributed by atoms with van der Waals surface area (Å²) in [5, 5.41) is 5.03. The zero-order valence-electron chi connectivity index (χ0n) is 13.4. The van der Waals surface area contributed by atoms with Crippen LogP contribution < -0.4 is 10.6 Å². The first-order valence-electron chi connectivity index (χ1n) is 7.30. The summed E-state index contributed by atoms with van der Waals surface area (Å²) in [5.41, 5.74) is -0.975. The van der Waals surface area contributed by atoms with Gasteiger partial charge in [-0.1, -0.05) is 36.4 Å². The van der Waals surface area contributed by atoms with Gasteiger partial charge in [-0.15, -0.1) is 0 Å². The molecule has 0 atom stereocenters. The monoisotopic (exact) mass is 326 g/mol. The summed E-state index contributed by atoms with van der Waals surface area (Å²) in [6.07, 6.45) is 0. The standard InChI is InChI=1S/C18H18N2O4/c1-18(17(23)24-2,19-15(21)13-9-5-3-6-10-13)20-16(22)14-11-7-4-8-12-14/h3-12H,1-2H3,(H,19,21)(H,20,22). The number of amides is 2. The van der Waals surface area contributed by atoms with Gasteiger partial charge >= 0.3 is 5.97 Å². The van der Waals surface area contributed by atoms with Crippen LogP contribution in [0.2, 0.25) is 0 Å². The average Bonchev–Trinajstić information content (AvgIpc) is 2.62. The lowest BCUT2D eigenvalue weighted by Crippen LogP contribution is -2.64. The molecule has 2 N–H and O–H groups in total. The van der Waals surface area contributed by atoms with Crippen LogP contribution in [0.3, 0.4) is 0 Å². The molecule has 0 spiro atoms. The van der Waals surface area contributed by atoms with Crippen LogP contribution in [0.5, 0.6) is 0 Å². The lowest BCUT2D eigenvalue weighted by Gasteiger charge is -2.29. The number of carbonyl (C=O) groups excluding carboxylic acids is 3. The van der Waals surface area contributed by atoms with Gasteiger partial charge in [-0.3, -0.25) is 9.59 Å². The van der Waals surface area contributed by atoms with Crippen molar-refractivity contribution < 1.29 is 19.1 Å². The summed E-state index contributed by atoms with van der Waals surface area (Å²) in [6, 6.07) is 16.8. The van der Waals surface area contributed by atoms with Crippen molar-refractivity contribution in [3.05, 3.63) is 71.8 Å². The number of methoxy groups -OCH3 is 1. The number of nitrogens with one attached hydrogen (secondary N) is 2. The van der Waals surface area contributed by atoms with Gasteiger partial charge < -0.3 is 15.4 Å². The van der Waals surface area contributed by atoms with Gasteiger partial charge in [0, 0.05) is 11.1 Å². The Labute approximate surface area is 139 Å². The van der Waals surface area contributed by atoms with Gasteiger partial charge in [0.2, 0.25) is 5.66 Å². The second kappa shape index (κ2) is 7.41. The van der Waals surface area contributed by atoms with Crippen molar-refractivity contribution in [2.45, 2.75) is 12.6 Å². The lowest BCUT2D eigenvalue weighted by molar-refractivity contribution is -0.148. The molecule has 2 rings (SSSR count). The van der Waals surface area contributed by atoms with E-state index in [4.69, 9.17) is 4.74 Å². The number of hydrogen-bond donors (Lipinski definition) is 2. The molecule has 124 valence electrons. The molecule has 0 heterocycles. The van der Waals surface area contributed by atoms with Crippen molar-refractivity contribution in [3.8, 4) is 0 Å². The van der Waals surface area contributed by atoms with E-state index < -0.39 is 23.4 Å². The number of hydrogen-bond acceptors (Lipinski definition) is 4. The molecule has 2 aromatic rings. The van der Waals surface area contributed by atoms with E-state index in [2.05, 4.69) is 10.6 Å². The molecular formula is C18H18N2O4. The van der Waals surface area contributed by atoms with E-state index in [9.17, 15) is 14.4 Å². The summed E-state index contributed by atoms with van der Waals surface area (Å²) in [5.74, 6) is -1.79. The highest BCUT2D eigenvalue weighted by molar-refractivity contribution is 6.01. The van der Waals surface area contributed by atoms with Crippen molar-refractivity contribution in [1.82, 2.24) is 10.6 Å². The molecule has 0 fully saturated rings. The molecule has 0 saturated carbocycles. The van der Waals surface area contributed by atoms with Crippen molar-refractivity contribution in [2.75, 3.05) is 7.11 Å². The molecule has 2 aromatic carbocycles. The largest absolute Gasteiger partial charge is 0.466 e. The fourth-order valence-electron chi connectivity index (χ4n) is 2.11. The predicted molar refractivity (Wildman–Crippen MR) is 88.2 cm³/mol. The Morgan fingerprint density at radius 2 is 1.17 bits per heavy atom. The first kappa shape index (κ1) is 17.2. The minimum Gasteiger partial charge on any atom is -0.466 e. The number of esters is 1. The third-order valence-corrected chi connectivity index (χ3v) is 3.39. The number of ether oxygens (including phenoxy) is 1. The zero-order chi connectivity index (χ0) is 17.6. The summed E-state index contributed by atoms with van der Waals surface area (Å²) >= 11 is 0. The Morgan fingerprint density at radius 3 is 1.50 bits per heavy atom. The van der Waals surface area contributed by atoms with Gasteiger partial charge in [0.25, 0.3) is 11.8 Å². The van der Waals surface area contributed by atoms with Gasteiger partial charge in [-0.2, -0.15) is 0 Å². The fraction of sp³-hybridized carbons (Fsp3) is 0.167. The molecule has 0 radical (unpaired) electrons. The van der Waals surface area contributed by atoms with Gasteiger partial charge in [0.05, 0.1) is 7.11 Å². The van der Waals surface area contributed by atoms with E-state index in [0.29, 0.717) is 11.1 Å². The predicted octanol–water partition coefficient (Wildman–Crippen LogP) is 1.74. The Hall–Kier alpha value is -3.15. The highest BCUT2D eigenvalue weighted by Crippen LogP contribution is 2.08. The minimum atomic E-state index is -1.70. The van der Waals surface area contributed by atoms with E-state index >= 15 is 0 Å². The van der Waals surface area contributed by atoms with Crippen LogP contribution in [-0.2, 0) is 9.53 Å². The highest BCUT2D eigenvalue weighted by Gasteiger charge is 2.38. The van der Waals surface area contributed by atoms with E-state index in [1.165, 1.54) is 14.0 Å². The molecule has 0 unspecified atom stereocenters. The molecule has 0 aliphatic carbocycles. The number of benzene rings is 2. The summed E-state index contributed by atoms with van der Waals surface area (Å²) in [7, 11) is 1.18. The molecule has 6 nitrogen and oxygen atoms in total. The molecule has 0 aliphatic heterocycles. The number of carbonyl (C=O) groups is 3. The van der Waals surface area contributed by atoms with E-state index in [-0.39, 0.29) is 0 Å². The summed E-state index contributed by atoms with van der Waals surface area (Å²) < 4.78 is 4.72. The Morgan fingerprint density at radius 1 is 0.792 bits per heavy atom. The van der Waals surface area contributed by atoms with Crippen LogP contribution in [0.25, 0.3) is 0 Å². The minimum absolute atomic E-state index is 0.363. The van der Waals surface area contributed by atoms with Gasteiger partial charge in [-0.05, 0) is 31.2 Å². The third kappa shape index (κ3) is 3.98. The smallest absolute Gasteiger partial charge is 0.352 e. The van der Waals surface area contributed by atoms with Crippen molar-refractivity contribution in [2.24, 2.45) is 0 Å². The molecular weight excluding hydrogens is 308 g/mol. The van der Waals surface area contributed by atoms with E-state index in [1.54, 1.807) is 60.7 Å². The average molecular weight is 326 g/mol. The fourth-order valence-corrected chi connectivity index (χ4v) is 2.11. The first-order chi connectivity index (χ1) is 11.5. The van der Waals surface area contributed by atoms with Crippen LogP contribution >= 0.6 is 0 Å². The molecule has 0 bridgehead atoms. The maximum absolute atomic E-state index is 12.3. The molecule has 6 heteroatoms. The molecule has 0 saturated heterocycles. The first-order valence-corrected chi connectivity index (χ1v) is 7.30. The highest BCUT2D eigenvalue weighted by atomic mass is 16.5. The Balaban J connectivity index is 2.21. The number of rotatable bonds is 5. The Bertz CT molecular complexity index is 676. The van der Waals surface area contributed by atoms with Crippen LogP contribution in [-0.4, -0.2) is 30.6 Å². The van der Waals surface area contributed by atoms with Gasteiger partial charge in [-0.25, -0.2) is 4.79 Å². The normalized spacial score (nSPS) is 10.6. The van der Waals surface area contributed by atoms with Gasteiger partial charge in [0.15, 0.2) is 0 Å². The van der Waals surface area contributed by atoms with Crippen molar-refractivity contribution in [3.63, 3.8) is 0 Å².